The maximum absolute atomic E-state index is 9.49. The second-order valence-corrected chi connectivity index (χ2v) is 4.10. The van der Waals surface area contributed by atoms with Crippen LogP contribution in [0.5, 0.6) is 11.5 Å². The summed E-state index contributed by atoms with van der Waals surface area (Å²) in [5.41, 5.74) is 1.36. The lowest BCUT2D eigenvalue weighted by Crippen LogP contribution is -2.13. The van der Waals surface area contributed by atoms with Crippen molar-refractivity contribution in [1.82, 2.24) is 0 Å². The third kappa shape index (κ3) is 1.79. The SMILES string of the molecule is COCC1(c2ccc(O)c(OC)c2)CC1. The van der Waals surface area contributed by atoms with E-state index in [1.165, 1.54) is 5.56 Å². The number of ether oxygens (including phenoxy) is 2. The summed E-state index contributed by atoms with van der Waals surface area (Å²) in [5, 5.41) is 9.49. The molecule has 1 N–H and O–H groups in total. The summed E-state index contributed by atoms with van der Waals surface area (Å²) in [6.45, 7) is 0.737. The van der Waals surface area contributed by atoms with Gasteiger partial charge in [0.1, 0.15) is 0 Å². The number of phenolic OH excluding ortho intramolecular Hbond substituents is 1. The highest BCUT2D eigenvalue weighted by Gasteiger charge is 2.44. The average Bonchev–Trinajstić information content (AvgIpc) is 3.00. The Labute approximate surface area is 89.6 Å². The number of phenols is 1. The molecule has 0 atom stereocenters. The van der Waals surface area contributed by atoms with Gasteiger partial charge in [-0.2, -0.15) is 0 Å². The van der Waals surface area contributed by atoms with Crippen molar-refractivity contribution in [2.45, 2.75) is 18.3 Å². The third-order valence-corrected chi connectivity index (χ3v) is 3.07. The lowest BCUT2D eigenvalue weighted by Gasteiger charge is -2.15. The molecule has 1 aliphatic carbocycles. The Morgan fingerprint density at radius 2 is 2.07 bits per heavy atom. The quantitative estimate of drug-likeness (QED) is 0.823. The molecule has 0 radical (unpaired) electrons. The van der Waals surface area contributed by atoms with E-state index in [4.69, 9.17) is 9.47 Å². The molecule has 1 aliphatic rings. The smallest absolute Gasteiger partial charge is 0.160 e. The molecule has 0 bridgehead atoms. The van der Waals surface area contributed by atoms with E-state index in [-0.39, 0.29) is 11.2 Å². The van der Waals surface area contributed by atoms with Crippen LogP contribution in [0.25, 0.3) is 0 Å². The van der Waals surface area contributed by atoms with Crippen molar-refractivity contribution in [3.05, 3.63) is 23.8 Å². The van der Waals surface area contributed by atoms with Crippen molar-refractivity contribution in [3.8, 4) is 11.5 Å². The fourth-order valence-electron chi connectivity index (χ4n) is 1.95. The molecule has 0 amide bonds. The maximum atomic E-state index is 9.49. The third-order valence-electron chi connectivity index (χ3n) is 3.07. The van der Waals surface area contributed by atoms with Gasteiger partial charge < -0.3 is 14.6 Å². The van der Waals surface area contributed by atoms with E-state index < -0.39 is 0 Å². The molecular formula is C12H16O3. The standard InChI is InChI=1S/C12H16O3/c1-14-8-12(5-6-12)9-3-4-10(13)11(7-9)15-2/h3-4,7,13H,5-6,8H2,1-2H3. The van der Waals surface area contributed by atoms with Gasteiger partial charge in [-0.25, -0.2) is 0 Å². The first kappa shape index (κ1) is 10.3. The van der Waals surface area contributed by atoms with E-state index in [0.717, 1.165) is 19.4 Å². The van der Waals surface area contributed by atoms with Crippen molar-refractivity contribution in [3.63, 3.8) is 0 Å². The normalized spacial score (nSPS) is 17.5. The molecule has 82 valence electrons. The van der Waals surface area contributed by atoms with Crippen LogP contribution in [-0.4, -0.2) is 25.9 Å². The zero-order chi connectivity index (χ0) is 10.9. The van der Waals surface area contributed by atoms with Crippen LogP contribution >= 0.6 is 0 Å². The number of hydrogen-bond donors (Lipinski definition) is 1. The van der Waals surface area contributed by atoms with Gasteiger partial charge in [0.15, 0.2) is 11.5 Å². The fraction of sp³-hybridized carbons (Fsp3) is 0.500. The molecule has 0 saturated heterocycles. The minimum Gasteiger partial charge on any atom is -0.504 e. The molecule has 1 fully saturated rings. The van der Waals surface area contributed by atoms with E-state index in [9.17, 15) is 5.11 Å². The highest BCUT2D eigenvalue weighted by molar-refractivity contribution is 5.46. The molecule has 3 heteroatoms. The van der Waals surface area contributed by atoms with Crippen molar-refractivity contribution >= 4 is 0 Å². The summed E-state index contributed by atoms with van der Waals surface area (Å²) in [6, 6.07) is 5.54. The minimum absolute atomic E-state index is 0.162. The second kappa shape index (κ2) is 3.74. The largest absolute Gasteiger partial charge is 0.504 e. The number of rotatable bonds is 4. The molecular weight excluding hydrogens is 192 g/mol. The van der Waals surface area contributed by atoms with Gasteiger partial charge in [0.25, 0.3) is 0 Å². The van der Waals surface area contributed by atoms with Crippen LogP contribution < -0.4 is 4.74 Å². The average molecular weight is 208 g/mol. The molecule has 0 unspecified atom stereocenters. The van der Waals surface area contributed by atoms with E-state index >= 15 is 0 Å². The zero-order valence-electron chi connectivity index (χ0n) is 9.12. The van der Waals surface area contributed by atoms with Gasteiger partial charge in [0.05, 0.1) is 13.7 Å². The second-order valence-electron chi connectivity index (χ2n) is 4.10. The first-order chi connectivity index (χ1) is 7.22. The van der Waals surface area contributed by atoms with Crippen LogP contribution in [0.1, 0.15) is 18.4 Å². The van der Waals surface area contributed by atoms with Crippen molar-refractivity contribution in [2.75, 3.05) is 20.8 Å². The van der Waals surface area contributed by atoms with E-state index in [1.807, 2.05) is 12.1 Å². The topological polar surface area (TPSA) is 38.7 Å². The fourth-order valence-corrected chi connectivity index (χ4v) is 1.95. The summed E-state index contributed by atoms with van der Waals surface area (Å²) in [6.07, 6.45) is 2.30. The Bertz CT molecular complexity index is 356. The first-order valence-corrected chi connectivity index (χ1v) is 5.08. The van der Waals surface area contributed by atoms with Crippen LogP contribution in [0.2, 0.25) is 0 Å². The number of aromatic hydroxyl groups is 1. The van der Waals surface area contributed by atoms with Crippen LogP contribution in [0, 0.1) is 0 Å². The summed E-state index contributed by atoms with van der Waals surface area (Å²) < 4.78 is 10.3. The van der Waals surface area contributed by atoms with E-state index in [2.05, 4.69) is 0 Å². The minimum atomic E-state index is 0.162. The van der Waals surface area contributed by atoms with Gasteiger partial charge in [-0.3, -0.25) is 0 Å². The van der Waals surface area contributed by atoms with Gasteiger partial charge in [-0.05, 0) is 30.5 Å². The molecule has 2 rings (SSSR count). The highest BCUT2D eigenvalue weighted by atomic mass is 16.5. The molecule has 1 aromatic carbocycles. The summed E-state index contributed by atoms with van der Waals surface area (Å²) in [5.74, 6) is 0.726. The number of methoxy groups -OCH3 is 2. The Morgan fingerprint density at radius 1 is 1.33 bits per heavy atom. The van der Waals surface area contributed by atoms with Gasteiger partial charge in [0, 0.05) is 12.5 Å². The Balaban J connectivity index is 2.29. The van der Waals surface area contributed by atoms with Gasteiger partial charge >= 0.3 is 0 Å². The van der Waals surface area contributed by atoms with Crippen LogP contribution in [0.3, 0.4) is 0 Å². The van der Waals surface area contributed by atoms with Crippen LogP contribution in [0.15, 0.2) is 18.2 Å². The van der Waals surface area contributed by atoms with E-state index in [1.54, 1.807) is 20.3 Å². The molecule has 0 spiro atoms. The van der Waals surface area contributed by atoms with Crippen molar-refractivity contribution in [2.24, 2.45) is 0 Å². The predicted molar refractivity (Wildman–Crippen MR) is 57.4 cm³/mol. The van der Waals surface area contributed by atoms with Crippen LogP contribution in [0.4, 0.5) is 0 Å². The summed E-state index contributed by atoms with van der Waals surface area (Å²) in [4.78, 5) is 0. The number of hydrogen-bond acceptors (Lipinski definition) is 3. The van der Waals surface area contributed by atoms with Crippen LogP contribution in [-0.2, 0) is 10.2 Å². The predicted octanol–water partition coefficient (Wildman–Crippen LogP) is 2.08. The van der Waals surface area contributed by atoms with Crippen molar-refractivity contribution < 1.29 is 14.6 Å². The summed E-state index contributed by atoms with van der Waals surface area (Å²) in [7, 11) is 3.28. The lowest BCUT2D eigenvalue weighted by atomic mass is 9.96. The molecule has 0 aliphatic heterocycles. The summed E-state index contributed by atoms with van der Waals surface area (Å²) >= 11 is 0. The molecule has 15 heavy (non-hydrogen) atoms. The maximum Gasteiger partial charge on any atom is 0.160 e. The Kier molecular flexibility index (Phi) is 2.57. The van der Waals surface area contributed by atoms with Gasteiger partial charge in [-0.1, -0.05) is 6.07 Å². The molecule has 1 aromatic rings. The lowest BCUT2D eigenvalue weighted by molar-refractivity contribution is 0.171. The molecule has 0 heterocycles. The molecule has 1 saturated carbocycles. The highest BCUT2D eigenvalue weighted by Crippen LogP contribution is 2.49. The number of benzene rings is 1. The Hall–Kier alpha value is -1.22. The van der Waals surface area contributed by atoms with Crippen molar-refractivity contribution in [1.29, 1.82) is 0 Å². The monoisotopic (exact) mass is 208 g/mol. The Morgan fingerprint density at radius 3 is 2.60 bits per heavy atom. The van der Waals surface area contributed by atoms with Gasteiger partial charge in [0.2, 0.25) is 0 Å². The zero-order valence-corrected chi connectivity index (χ0v) is 9.12. The molecule has 0 aromatic heterocycles. The first-order valence-electron chi connectivity index (χ1n) is 5.08. The van der Waals surface area contributed by atoms with E-state index in [0.29, 0.717) is 5.75 Å². The van der Waals surface area contributed by atoms with Gasteiger partial charge in [-0.15, -0.1) is 0 Å². The molecule has 3 nitrogen and oxygen atoms in total.